The lowest BCUT2D eigenvalue weighted by atomic mass is 10.1. The Bertz CT molecular complexity index is 1240. The van der Waals surface area contributed by atoms with Gasteiger partial charge in [-0.2, -0.15) is 0 Å². The van der Waals surface area contributed by atoms with Crippen LogP contribution in [0.15, 0.2) is 30.5 Å². The number of amides is 2. The number of aromatic nitrogens is 2. The Morgan fingerprint density at radius 2 is 1.91 bits per heavy atom. The first-order valence-electron chi connectivity index (χ1n) is 11.3. The molecule has 1 saturated carbocycles. The van der Waals surface area contributed by atoms with E-state index in [4.69, 9.17) is 11.6 Å². The Hall–Kier alpha value is -2.47. The van der Waals surface area contributed by atoms with Crippen LogP contribution in [0, 0.1) is 0 Å². The molecule has 35 heavy (non-hydrogen) atoms. The Morgan fingerprint density at radius 1 is 1.26 bits per heavy atom. The Balaban J connectivity index is 1.47. The van der Waals surface area contributed by atoms with Crippen LogP contribution in [0.2, 0.25) is 5.02 Å². The van der Waals surface area contributed by atoms with Crippen molar-refractivity contribution in [2.45, 2.75) is 55.4 Å². The second kappa shape index (κ2) is 9.20. The highest BCUT2D eigenvalue weighted by atomic mass is 35.5. The first-order chi connectivity index (χ1) is 16.4. The zero-order valence-electron chi connectivity index (χ0n) is 19.6. The molecule has 0 spiro atoms. The van der Waals surface area contributed by atoms with Crippen LogP contribution in [0.25, 0.3) is 0 Å². The summed E-state index contributed by atoms with van der Waals surface area (Å²) in [5.41, 5.74) is 1.08. The fourth-order valence-corrected chi connectivity index (χ4v) is 7.05. The van der Waals surface area contributed by atoms with Gasteiger partial charge in [0.05, 0.1) is 28.4 Å². The van der Waals surface area contributed by atoms with Crippen molar-refractivity contribution in [1.82, 2.24) is 19.8 Å². The predicted molar refractivity (Wildman–Crippen MR) is 129 cm³/mol. The fourth-order valence-electron chi connectivity index (χ4n) is 4.41. The minimum absolute atomic E-state index is 0.0149. The quantitative estimate of drug-likeness (QED) is 0.444. The monoisotopic (exact) mass is 524 g/mol. The van der Waals surface area contributed by atoms with Crippen LogP contribution >= 0.6 is 11.6 Å². The number of halogens is 1. The third kappa shape index (κ3) is 4.46. The van der Waals surface area contributed by atoms with E-state index in [1.54, 1.807) is 28.8 Å². The van der Waals surface area contributed by atoms with Crippen molar-refractivity contribution in [1.29, 1.82) is 0 Å². The second-order valence-corrected chi connectivity index (χ2v) is 13.0. The molecule has 1 aromatic carbocycles. The van der Waals surface area contributed by atoms with Crippen LogP contribution in [0.4, 0.5) is 0 Å². The summed E-state index contributed by atoms with van der Waals surface area (Å²) >= 11 is 5.88. The molecule has 2 heterocycles. The number of fused-ring (bicyclic) bond motifs is 1. The van der Waals surface area contributed by atoms with Crippen LogP contribution in [-0.4, -0.2) is 80.2 Å². The minimum atomic E-state index is -3.88. The minimum Gasteiger partial charge on any atom is -0.394 e. The lowest BCUT2D eigenvalue weighted by molar-refractivity contribution is 0.0665. The Labute approximate surface area is 208 Å². The fraction of sp³-hybridized carbons (Fsp3) is 0.522. The maximum absolute atomic E-state index is 13.4. The number of hydrogen-bond acceptors (Lipinski definition) is 7. The SMILES string of the molecule is CC(C)(C(O)CO)S(=O)(=O)C1(CN2CCn3c(cnc3C(=O)NCc3ccc(Cl)cc3)C2=O)CC1. The van der Waals surface area contributed by atoms with E-state index in [1.807, 2.05) is 0 Å². The molecule has 2 aliphatic rings. The number of carbonyl (C=O) groups excluding carboxylic acids is 2. The van der Waals surface area contributed by atoms with E-state index in [2.05, 4.69) is 10.3 Å². The summed E-state index contributed by atoms with van der Waals surface area (Å²) in [5, 5.41) is 22.8. The topological polar surface area (TPSA) is 142 Å². The number of imidazole rings is 1. The molecule has 10 nitrogen and oxygen atoms in total. The molecule has 3 N–H and O–H groups in total. The standard InChI is InChI=1S/C23H29ClN4O6S/c1-22(2,18(30)13-29)35(33,34)23(7-8-23)14-27-9-10-28-17(21(27)32)12-25-19(28)20(31)26-11-15-3-5-16(24)6-4-15/h3-6,12,18,29-30H,7-11,13-14H2,1-2H3,(H,26,31). The van der Waals surface area contributed by atoms with Gasteiger partial charge < -0.3 is 25.0 Å². The average molecular weight is 525 g/mol. The molecule has 2 amide bonds. The van der Waals surface area contributed by atoms with Crippen molar-refractivity contribution in [3.63, 3.8) is 0 Å². The first-order valence-corrected chi connectivity index (χ1v) is 13.2. The zero-order valence-corrected chi connectivity index (χ0v) is 21.1. The summed E-state index contributed by atoms with van der Waals surface area (Å²) in [4.78, 5) is 31.5. The highest BCUT2D eigenvalue weighted by Gasteiger charge is 2.62. The number of nitrogens with one attached hydrogen (secondary N) is 1. The summed E-state index contributed by atoms with van der Waals surface area (Å²) in [7, 11) is -3.88. The molecule has 0 radical (unpaired) electrons. The van der Waals surface area contributed by atoms with Crippen molar-refractivity contribution >= 4 is 33.3 Å². The van der Waals surface area contributed by atoms with E-state index < -0.39 is 43.9 Å². The van der Waals surface area contributed by atoms with Gasteiger partial charge >= 0.3 is 0 Å². The van der Waals surface area contributed by atoms with Gasteiger partial charge in [0.15, 0.2) is 15.7 Å². The summed E-state index contributed by atoms with van der Waals surface area (Å²) in [6, 6.07) is 7.06. The van der Waals surface area contributed by atoms with Crippen molar-refractivity contribution in [3.8, 4) is 0 Å². The van der Waals surface area contributed by atoms with Gasteiger partial charge in [-0.25, -0.2) is 13.4 Å². The number of aliphatic hydroxyl groups is 2. The van der Waals surface area contributed by atoms with E-state index in [0.717, 1.165) is 5.56 Å². The molecule has 1 unspecified atom stereocenters. The number of aliphatic hydroxyl groups excluding tert-OH is 2. The van der Waals surface area contributed by atoms with E-state index in [9.17, 15) is 28.2 Å². The van der Waals surface area contributed by atoms with Gasteiger partial charge in [0, 0.05) is 31.2 Å². The highest BCUT2D eigenvalue weighted by molar-refractivity contribution is 7.94. The molecule has 0 saturated heterocycles. The highest BCUT2D eigenvalue weighted by Crippen LogP contribution is 2.49. The van der Waals surface area contributed by atoms with Crippen molar-refractivity contribution in [3.05, 3.63) is 52.6 Å². The van der Waals surface area contributed by atoms with Crippen molar-refractivity contribution in [2.24, 2.45) is 0 Å². The van der Waals surface area contributed by atoms with Gasteiger partial charge in [0.2, 0.25) is 0 Å². The van der Waals surface area contributed by atoms with Gasteiger partial charge in [0.1, 0.15) is 5.69 Å². The molecule has 1 aromatic heterocycles. The summed E-state index contributed by atoms with van der Waals surface area (Å²) in [5.74, 6) is -0.709. The molecular weight excluding hydrogens is 496 g/mol. The normalized spacial score (nSPS) is 18.2. The van der Waals surface area contributed by atoms with Crippen molar-refractivity contribution in [2.75, 3.05) is 19.7 Å². The maximum atomic E-state index is 13.4. The smallest absolute Gasteiger partial charge is 0.287 e. The molecular formula is C23H29ClN4O6S. The summed E-state index contributed by atoms with van der Waals surface area (Å²) in [6.07, 6.45) is 0.646. The molecule has 1 aliphatic carbocycles. The Kier molecular flexibility index (Phi) is 6.73. The van der Waals surface area contributed by atoms with E-state index in [0.29, 0.717) is 24.4 Å². The summed E-state index contributed by atoms with van der Waals surface area (Å²) in [6.45, 7) is 2.89. The van der Waals surface area contributed by atoms with Crippen LogP contribution in [0.3, 0.4) is 0 Å². The van der Waals surface area contributed by atoms with Crippen LogP contribution < -0.4 is 5.32 Å². The van der Waals surface area contributed by atoms with Gasteiger partial charge in [-0.1, -0.05) is 23.7 Å². The number of rotatable bonds is 9. The third-order valence-corrected chi connectivity index (χ3v) is 10.6. The van der Waals surface area contributed by atoms with Gasteiger partial charge in [0.25, 0.3) is 11.8 Å². The molecule has 2 aromatic rings. The molecule has 190 valence electrons. The lowest BCUT2D eigenvalue weighted by Crippen LogP contribution is -2.55. The lowest BCUT2D eigenvalue weighted by Gasteiger charge is -2.37. The van der Waals surface area contributed by atoms with Crippen LogP contribution in [0.5, 0.6) is 0 Å². The van der Waals surface area contributed by atoms with Crippen molar-refractivity contribution < 1.29 is 28.2 Å². The summed E-state index contributed by atoms with van der Waals surface area (Å²) < 4.78 is 25.6. The number of carbonyl (C=O) groups is 2. The number of benzene rings is 1. The van der Waals surface area contributed by atoms with Gasteiger partial charge in [-0.15, -0.1) is 0 Å². The Morgan fingerprint density at radius 3 is 2.51 bits per heavy atom. The van der Waals surface area contributed by atoms with Gasteiger partial charge in [-0.05, 0) is 44.4 Å². The van der Waals surface area contributed by atoms with Crippen LogP contribution in [0.1, 0.15) is 53.4 Å². The first kappa shape index (κ1) is 25.6. The van der Waals surface area contributed by atoms with E-state index >= 15 is 0 Å². The number of sulfone groups is 1. The maximum Gasteiger partial charge on any atom is 0.287 e. The van der Waals surface area contributed by atoms with Crippen LogP contribution in [-0.2, 0) is 22.9 Å². The molecule has 1 aliphatic heterocycles. The number of nitrogens with zero attached hydrogens (tertiary/aromatic N) is 3. The molecule has 0 bridgehead atoms. The molecule has 1 fully saturated rings. The number of hydrogen-bond donors (Lipinski definition) is 3. The average Bonchev–Trinajstić information content (AvgIpc) is 3.50. The second-order valence-electron chi connectivity index (χ2n) is 9.64. The molecule has 12 heteroatoms. The largest absolute Gasteiger partial charge is 0.394 e. The van der Waals surface area contributed by atoms with E-state index in [-0.39, 0.29) is 31.2 Å². The predicted octanol–water partition coefficient (Wildman–Crippen LogP) is 1.00. The molecule has 4 rings (SSSR count). The van der Waals surface area contributed by atoms with E-state index in [1.165, 1.54) is 24.9 Å². The zero-order chi connectivity index (χ0) is 25.6. The third-order valence-electron chi connectivity index (χ3n) is 7.05. The van der Waals surface area contributed by atoms with Gasteiger partial charge in [-0.3, -0.25) is 9.59 Å². The molecule has 1 atom stereocenters.